The molecule has 3 nitrogen and oxygen atoms in total. The highest BCUT2D eigenvalue weighted by atomic mass is 15.1. The smallest absolute Gasteiger partial charge is 0.127 e. The molecule has 0 fully saturated rings. The molecule has 2 unspecified atom stereocenters. The summed E-state index contributed by atoms with van der Waals surface area (Å²) in [7, 11) is 0. The summed E-state index contributed by atoms with van der Waals surface area (Å²) in [6, 6.07) is 80.7. The van der Waals surface area contributed by atoms with Crippen molar-refractivity contribution >= 4 is 81.6 Å². The molecule has 0 heterocycles. The molecule has 12 aromatic rings. The van der Waals surface area contributed by atoms with Crippen LogP contribution in [0, 0.1) is 0 Å². The van der Waals surface area contributed by atoms with Gasteiger partial charge >= 0.3 is 0 Å². The van der Waals surface area contributed by atoms with E-state index in [-0.39, 0.29) is 0 Å². The molecule has 0 aromatic heterocycles. The Morgan fingerprint density at radius 1 is 0.375 bits per heavy atom. The number of nitrogens with zero attached hydrogens (tertiary/aromatic N) is 1. The molecule has 0 saturated carbocycles. The Kier molecular flexibility index (Phi) is 9.30. The molecule has 0 saturated heterocycles. The van der Waals surface area contributed by atoms with Gasteiger partial charge in [-0.1, -0.05) is 212 Å². The first-order chi connectivity index (χ1) is 31.7. The summed E-state index contributed by atoms with van der Waals surface area (Å²) in [6.45, 7) is 0. The second kappa shape index (κ2) is 15.7. The Hall–Kier alpha value is -7.95. The molecule has 3 heteroatoms. The molecule has 12 aromatic carbocycles. The van der Waals surface area contributed by atoms with Gasteiger partial charge in [0.25, 0.3) is 0 Å². The van der Waals surface area contributed by atoms with E-state index in [0.29, 0.717) is 0 Å². The van der Waals surface area contributed by atoms with E-state index in [1.165, 1.54) is 81.1 Å². The van der Waals surface area contributed by atoms with E-state index in [9.17, 15) is 0 Å². The number of rotatable bonds is 8. The molecule has 302 valence electrons. The lowest BCUT2D eigenvalue weighted by Crippen LogP contribution is -2.32. The summed E-state index contributed by atoms with van der Waals surface area (Å²) in [5.41, 5.74) is 15.0. The first kappa shape index (κ1) is 37.8. The fourth-order valence-corrected chi connectivity index (χ4v) is 10.2. The summed E-state index contributed by atoms with van der Waals surface area (Å²) in [4.78, 5) is 5.45. The van der Waals surface area contributed by atoms with Gasteiger partial charge in [-0.05, 0) is 126 Å². The average Bonchev–Trinajstić information content (AvgIpc) is 3.37. The molecule has 0 bridgehead atoms. The molecule has 3 N–H and O–H groups in total. The molecule has 0 radical (unpaired) electrons. The van der Waals surface area contributed by atoms with Gasteiger partial charge in [0, 0.05) is 6.21 Å². The third kappa shape index (κ3) is 6.41. The fraction of sp³-hybridized carbons (Fsp3) is 0.0328. The molecule has 0 amide bonds. The lowest BCUT2D eigenvalue weighted by Gasteiger charge is -2.25. The molecule has 12 rings (SSSR count). The highest BCUT2D eigenvalue weighted by Crippen LogP contribution is 2.43. The number of benzene rings is 12. The van der Waals surface area contributed by atoms with Gasteiger partial charge in [-0.25, -0.2) is 0 Å². The summed E-state index contributed by atoms with van der Waals surface area (Å²) in [5.74, 6) is 0. The van der Waals surface area contributed by atoms with Crippen molar-refractivity contribution < 1.29 is 0 Å². The minimum absolute atomic E-state index is 0.492. The number of fused-ring (bicyclic) bond motifs is 12. The topological polar surface area (TPSA) is 50.4 Å². The van der Waals surface area contributed by atoms with Crippen LogP contribution in [0.15, 0.2) is 229 Å². The Morgan fingerprint density at radius 3 is 1.69 bits per heavy atom. The molecule has 0 spiro atoms. The second-order valence-corrected chi connectivity index (χ2v) is 16.8. The predicted molar refractivity (Wildman–Crippen MR) is 273 cm³/mol. The largest absolute Gasteiger partial charge is 0.312 e. The van der Waals surface area contributed by atoms with E-state index in [1.54, 1.807) is 0 Å². The Balaban J connectivity index is 1.01. The van der Waals surface area contributed by atoms with Gasteiger partial charge in [-0.3, -0.25) is 10.3 Å². The van der Waals surface area contributed by atoms with Crippen molar-refractivity contribution in [3.8, 4) is 22.3 Å². The van der Waals surface area contributed by atoms with Crippen LogP contribution < -0.4 is 11.1 Å². The van der Waals surface area contributed by atoms with Crippen molar-refractivity contribution in [2.75, 3.05) is 0 Å². The predicted octanol–water partition coefficient (Wildman–Crippen LogP) is 15.5. The Bertz CT molecular complexity index is 3780. The van der Waals surface area contributed by atoms with E-state index in [2.05, 4.69) is 224 Å². The van der Waals surface area contributed by atoms with Gasteiger partial charge in [0.2, 0.25) is 0 Å². The number of hydrogen-bond acceptors (Lipinski definition) is 3. The Morgan fingerprint density at radius 2 is 0.938 bits per heavy atom. The van der Waals surface area contributed by atoms with Crippen molar-refractivity contribution in [1.82, 2.24) is 5.32 Å². The maximum absolute atomic E-state index is 7.29. The first-order valence-corrected chi connectivity index (χ1v) is 22.1. The average molecular weight is 818 g/mol. The van der Waals surface area contributed by atoms with Crippen LogP contribution in [0.25, 0.3) is 97.7 Å². The summed E-state index contributed by atoms with van der Waals surface area (Å²) >= 11 is 0. The molecule has 0 aliphatic rings. The van der Waals surface area contributed by atoms with E-state index >= 15 is 0 Å². The number of nitrogens with two attached hydrogens (primary N) is 1. The summed E-state index contributed by atoms with van der Waals surface area (Å²) < 4.78 is 0. The van der Waals surface area contributed by atoms with Crippen LogP contribution in [0.5, 0.6) is 0 Å². The van der Waals surface area contributed by atoms with Crippen LogP contribution in [0.3, 0.4) is 0 Å². The van der Waals surface area contributed by atoms with Crippen molar-refractivity contribution in [2.24, 2.45) is 10.7 Å². The standard InChI is InChI=1S/C61H43N3/c62-60(54-29-15-8-20-44(54)40-16-2-1-3-17-40)64-61(57-37-56-49-25-10-9-23-47(49)48-24-11-13-27-51(48)59(56)52-28-14-12-26-50(52)57)63-38-39-30-32-42(33-31-39)58-46-22-7-5-19-43(46)36-55-45-21-6-4-18-41(45)34-35-53(55)58/h1-38,60-61,64H,62H2/b63-38+. The molecular formula is C61H43N3. The first-order valence-electron chi connectivity index (χ1n) is 22.1. The molecule has 0 aliphatic heterocycles. The van der Waals surface area contributed by atoms with Crippen LogP contribution in [0.4, 0.5) is 0 Å². The van der Waals surface area contributed by atoms with Gasteiger partial charge in [0.05, 0.1) is 6.17 Å². The van der Waals surface area contributed by atoms with Gasteiger partial charge in [0.1, 0.15) is 6.17 Å². The highest BCUT2D eigenvalue weighted by Gasteiger charge is 2.22. The second-order valence-electron chi connectivity index (χ2n) is 16.8. The van der Waals surface area contributed by atoms with Crippen LogP contribution in [0.2, 0.25) is 0 Å². The Labute approximate surface area is 371 Å². The van der Waals surface area contributed by atoms with Gasteiger partial charge in [-0.2, -0.15) is 0 Å². The van der Waals surface area contributed by atoms with E-state index in [0.717, 1.165) is 33.2 Å². The summed E-state index contributed by atoms with van der Waals surface area (Å²) in [6.07, 6.45) is 0.983. The highest BCUT2D eigenvalue weighted by molar-refractivity contribution is 6.32. The van der Waals surface area contributed by atoms with E-state index in [4.69, 9.17) is 10.7 Å². The SMILES string of the molecule is NC(NC(/N=C/c1ccc(-c2c3ccccc3cc3c2ccc2ccccc23)cc1)c1cc2c3ccccc3c3ccccc3c2c2ccccc12)c1ccccc1-c1ccccc1. The third-order valence-corrected chi connectivity index (χ3v) is 13.1. The van der Waals surface area contributed by atoms with Gasteiger partial charge in [-0.15, -0.1) is 0 Å². The normalized spacial score (nSPS) is 13.0. The van der Waals surface area contributed by atoms with Gasteiger partial charge < -0.3 is 5.73 Å². The lowest BCUT2D eigenvalue weighted by molar-refractivity contribution is 0.470. The lowest BCUT2D eigenvalue weighted by atomic mass is 9.88. The van der Waals surface area contributed by atoms with Crippen LogP contribution >= 0.6 is 0 Å². The van der Waals surface area contributed by atoms with E-state index in [1.807, 2.05) is 12.3 Å². The molecule has 64 heavy (non-hydrogen) atoms. The minimum atomic E-state index is -0.528. The minimum Gasteiger partial charge on any atom is -0.312 e. The van der Waals surface area contributed by atoms with Crippen molar-refractivity contribution in [3.05, 3.63) is 241 Å². The number of hydrogen-bond donors (Lipinski definition) is 2. The third-order valence-electron chi connectivity index (χ3n) is 13.1. The van der Waals surface area contributed by atoms with Crippen LogP contribution in [-0.2, 0) is 0 Å². The zero-order valence-electron chi connectivity index (χ0n) is 35.1. The molecule has 0 aliphatic carbocycles. The van der Waals surface area contributed by atoms with E-state index < -0.39 is 12.3 Å². The quantitative estimate of drug-likeness (QED) is 0.0694. The maximum Gasteiger partial charge on any atom is 0.127 e. The van der Waals surface area contributed by atoms with Crippen molar-refractivity contribution in [3.63, 3.8) is 0 Å². The van der Waals surface area contributed by atoms with Crippen LogP contribution in [0.1, 0.15) is 29.0 Å². The fourth-order valence-electron chi connectivity index (χ4n) is 10.2. The maximum atomic E-state index is 7.29. The zero-order valence-corrected chi connectivity index (χ0v) is 35.1. The number of nitrogens with one attached hydrogen (secondary N) is 1. The van der Waals surface area contributed by atoms with Crippen LogP contribution in [-0.4, -0.2) is 6.21 Å². The van der Waals surface area contributed by atoms with Crippen molar-refractivity contribution in [1.29, 1.82) is 0 Å². The van der Waals surface area contributed by atoms with Crippen molar-refractivity contribution in [2.45, 2.75) is 12.3 Å². The summed E-state index contributed by atoms with van der Waals surface area (Å²) in [5, 5.41) is 21.1. The molecule has 2 atom stereocenters. The number of aliphatic imine (C=N–C) groups is 1. The van der Waals surface area contributed by atoms with Gasteiger partial charge in [0.15, 0.2) is 0 Å². The zero-order chi connectivity index (χ0) is 42.6. The molecular weight excluding hydrogens is 775 g/mol. The monoisotopic (exact) mass is 817 g/mol.